The first-order valence-corrected chi connectivity index (χ1v) is 8.03. The molecule has 1 fully saturated rings. The molecular weight excluding hydrogens is 347 g/mol. The predicted octanol–water partition coefficient (Wildman–Crippen LogP) is 2.32. The quantitative estimate of drug-likeness (QED) is 0.776. The highest BCUT2D eigenvalue weighted by Gasteiger charge is 2.24. The molecule has 1 saturated heterocycles. The summed E-state index contributed by atoms with van der Waals surface area (Å²) in [6.45, 7) is 4.66. The molecule has 0 radical (unpaired) electrons. The second kappa shape index (κ2) is 7.84. The number of halogens is 2. The van der Waals surface area contributed by atoms with Crippen LogP contribution in [-0.2, 0) is 0 Å². The van der Waals surface area contributed by atoms with E-state index >= 15 is 0 Å². The minimum atomic E-state index is -0.398. The molecule has 25 heavy (non-hydrogen) atoms. The summed E-state index contributed by atoms with van der Waals surface area (Å²) in [7, 11) is 0. The van der Waals surface area contributed by atoms with E-state index in [1.807, 2.05) is 0 Å². The van der Waals surface area contributed by atoms with Gasteiger partial charge in [0.2, 0.25) is 0 Å². The van der Waals surface area contributed by atoms with Gasteiger partial charge in [0.05, 0.1) is 11.9 Å². The maximum absolute atomic E-state index is 13.2. The van der Waals surface area contributed by atoms with Crippen molar-refractivity contribution in [3.05, 3.63) is 41.5 Å². The van der Waals surface area contributed by atoms with E-state index in [2.05, 4.69) is 22.7 Å². The number of rotatable bonds is 3. The van der Waals surface area contributed by atoms with Gasteiger partial charge in [-0.05, 0) is 57.0 Å². The van der Waals surface area contributed by atoms with Gasteiger partial charge in [-0.2, -0.15) is 5.10 Å². The Morgan fingerprint density at radius 1 is 1.48 bits per heavy atom. The van der Waals surface area contributed by atoms with E-state index in [0.717, 1.165) is 19.4 Å². The molecule has 3 N–H and O–H groups in total. The molecule has 2 atom stereocenters. The van der Waals surface area contributed by atoms with Crippen molar-refractivity contribution in [2.24, 2.45) is 0 Å². The van der Waals surface area contributed by atoms with Gasteiger partial charge in [0, 0.05) is 12.1 Å². The number of carbonyl (C=O) groups is 1. The van der Waals surface area contributed by atoms with E-state index in [0.29, 0.717) is 17.3 Å². The van der Waals surface area contributed by atoms with Crippen LogP contribution >= 0.6 is 12.4 Å². The van der Waals surface area contributed by atoms with Gasteiger partial charge in [-0.1, -0.05) is 0 Å². The molecule has 0 aliphatic carbocycles. The van der Waals surface area contributed by atoms with Crippen LogP contribution in [0, 0.1) is 12.7 Å². The molecule has 1 aliphatic rings. The highest BCUT2D eigenvalue weighted by Crippen LogP contribution is 2.21. The average molecular weight is 369 g/mol. The van der Waals surface area contributed by atoms with E-state index in [-0.39, 0.29) is 35.7 Å². The molecule has 0 saturated carbocycles. The zero-order chi connectivity index (χ0) is 17.3. The third kappa shape index (κ3) is 4.29. The van der Waals surface area contributed by atoms with Gasteiger partial charge in [-0.3, -0.25) is 4.79 Å². The lowest BCUT2D eigenvalue weighted by atomic mass is 10.0. The van der Waals surface area contributed by atoms with Gasteiger partial charge < -0.3 is 15.7 Å². The number of amides is 1. The molecule has 136 valence electrons. The summed E-state index contributed by atoms with van der Waals surface area (Å²) in [5.74, 6) is -0.936. The summed E-state index contributed by atoms with van der Waals surface area (Å²) in [5, 5.41) is 20.5. The second-order valence-electron chi connectivity index (χ2n) is 6.29. The fraction of sp³-hybridized carbons (Fsp3) is 0.412. The van der Waals surface area contributed by atoms with E-state index in [1.54, 1.807) is 13.0 Å². The van der Waals surface area contributed by atoms with Crippen molar-refractivity contribution in [2.75, 3.05) is 6.54 Å². The summed E-state index contributed by atoms with van der Waals surface area (Å²) in [4.78, 5) is 12.4. The van der Waals surface area contributed by atoms with Gasteiger partial charge >= 0.3 is 0 Å². The zero-order valence-electron chi connectivity index (χ0n) is 14.1. The van der Waals surface area contributed by atoms with Crippen LogP contribution in [0.25, 0.3) is 5.69 Å². The number of piperidine rings is 1. The monoisotopic (exact) mass is 368 g/mol. The van der Waals surface area contributed by atoms with Crippen molar-refractivity contribution in [1.29, 1.82) is 0 Å². The molecule has 1 amide bonds. The SMILES string of the molecule is Cc1cc(F)ccc1-n1cc(O)c(C(=O)NC2CCNC(C)C2)n1.Cl. The van der Waals surface area contributed by atoms with Crippen molar-refractivity contribution < 1.29 is 14.3 Å². The topological polar surface area (TPSA) is 79.2 Å². The van der Waals surface area contributed by atoms with Crippen LogP contribution in [-0.4, -0.2) is 39.4 Å². The predicted molar refractivity (Wildman–Crippen MR) is 95.1 cm³/mol. The van der Waals surface area contributed by atoms with Crippen LogP contribution in [0.3, 0.4) is 0 Å². The number of aromatic nitrogens is 2. The average Bonchev–Trinajstić information content (AvgIpc) is 2.89. The maximum atomic E-state index is 13.2. The molecule has 1 aromatic carbocycles. The molecule has 0 bridgehead atoms. The molecule has 1 aromatic heterocycles. The summed E-state index contributed by atoms with van der Waals surface area (Å²) in [5.41, 5.74) is 1.25. The van der Waals surface area contributed by atoms with E-state index < -0.39 is 5.91 Å². The lowest BCUT2D eigenvalue weighted by Gasteiger charge is -2.28. The highest BCUT2D eigenvalue weighted by atomic mass is 35.5. The van der Waals surface area contributed by atoms with Crippen LogP contribution < -0.4 is 10.6 Å². The van der Waals surface area contributed by atoms with Gasteiger partial charge in [-0.25, -0.2) is 9.07 Å². The van der Waals surface area contributed by atoms with Crippen LogP contribution in [0.2, 0.25) is 0 Å². The Kier molecular flexibility index (Phi) is 6.02. The zero-order valence-corrected chi connectivity index (χ0v) is 14.9. The van der Waals surface area contributed by atoms with Crippen molar-refractivity contribution >= 4 is 18.3 Å². The largest absolute Gasteiger partial charge is 0.504 e. The number of hydrogen-bond acceptors (Lipinski definition) is 4. The molecule has 3 rings (SSSR count). The van der Waals surface area contributed by atoms with Crippen molar-refractivity contribution in [3.8, 4) is 11.4 Å². The lowest BCUT2D eigenvalue weighted by Crippen LogP contribution is -2.46. The van der Waals surface area contributed by atoms with E-state index in [1.165, 1.54) is 23.0 Å². The summed E-state index contributed by atoms with van der Waals surface area (Å²) in [6, 6.07) is 4.66. The minimum Gasteiger partial charge on any atom is -0.504 e. The Labute approximate surface area is 151 Å². The Balaban J connectivity index is 0.00000225. The van der Waals surface area contributed by atoms with E-state index in [4.69, 9.17) is 0 Å². The molecule has 2 aromatic rings. The smallest absolute Gasteiger partial charge is 0.275 e. The first-order valence-electron chi connectivity index (χ1n) is 8.03. The molecular formula is C17H22ClFN4O2. The Morgan fingerprint density at radius 2 is 2.24 bits per heavy atom. The van der Waals surface area contributed by atoms with Gasteiger partial charge in [-0.15, -0.1) is 12.4 Å². The Hall–Kier alpha value is -2.12. The number of aryl methyl sites for hydroxylation is 1. The number of nitrogens with one attached hydrogen (secondary N) is 2. The Bertz CT molecular complexity index is 765. The first-order chi connectivity index (χ1) is 11.4. The van der Waals surface area contributed by atoms with Crippen molar-refractivity contribution in [1.82, 2.24) is 20.4 Å². The van der Waals surface area contributed by atoms with Crippen LogP contribution in [0.1, 0.15) is 35.8 Å². The van der Waals surface area contributed by atoms with Crippen molar-refractivity contribution in [2.45, 2.75) is 38.8 Å². The molecule has 2 unspecified atom stereocenters. The van der Waals surface area contributed by atoms with Crippen molar-refractivity contribution in [3.63, 3.8) is 0 Å². The fourth-order valence-corrected chi connectivity index (χ4v) is 3.04. The van der Waals surface area contributed by atoms with Crippen LogP contribution in [0.15, 0.2) is 24.4 Å². The third-order valence-electron chi connectivity index (χ3n) is 4.27. The highest BCUT2D eigenvalue weighted by molar-refractivity contribution is 5.95. The summed E-state index contributed by atoms with van der Waals surface area (Å²) < 4.78 is 14.6. The minimum absolute atomic E-state index is 0. The third-order valence-corrected chi connectivity index (χ3v) is 4.27. The first kappa shape index (κ1) is 19.2. The second-order valence-corrected chi connectivity index (χ2v) is 6.29. The number of nitrogens with zero attached hydrogens (tertiary/aromatic N) is 2. The molecule has 6 nitrogen and oxygen atoms in total. The fourth-order valence-electron chi connectivity index (χ4n) is 3.04. The summed E-state index contributed by atoms with van der Waals surface area (Å²) >= 11 is 0. The number of carbonyl (C=O) groups excluding carboxylic acids is 1. The number of aromatic hydroxyl groups is 1. The van der Waals surface area contributed by atoms with Gasteiger partial charge in [0.15, 0.2) is 11.4 Å². The molecule has 8 heteroatoms. The molecule has 1 aliphatic heterocycles. The summed E-state index contributed by atoms with van der Waals surface area (Å²) in [6.07, 6.45) is 3.04. The van der Waals surface area contributed by atoms with E-state index in [9.17, 15) is 14.3 Å². The number of benzene rings is 1. The lowest BCUT2D eigenvalue weighted by molar-refractivity contribution is 0.0917. The maximum Gasteiger partial charge on any atom is 0.275 e. The normalized spacial score (nSPS) is 20.0. The van der Waals surface area contributed by atoms with Gasteiger partial charge in [0.1, 0.15) is 5.82 Å². The molecule has 2 heterocycles. The standard InChI is InChI=1S/C17H21FN4O2.ClH/c1-10-7-12(18)3-4-14(10)22-9-15(23)16(21-22)17(24)20-13-5-6-19-11(2)8-13;/h3-4,7,9,11,13,19,23H,5-6,8H2,1-2H3,(H,20,24);1H. The van der Waals surface area contributed by atoms with Gasteiger partial charge in [0.25, 0.3) is 5.91 Å². The van der Waals surface area contributed by atoms with Crippen LogP contribution in [0.4, 0.5) is 4.39 Å². The number of hydrogen-bond donors (Lipinski definition) is 3. The molecule has 0 spiro atoms. The van der Waals surface area contributed by atoms with Crippen LogP contribution in [0.5, 0.6) is 5.75 Å². The Morgan fingerprint density at radius 3 is 2.92 bits per heavy atom.